The zero-order valence-corrected chi connectivity index (χ0v) is 53.2. The van der Waals surface area contributed by atoms with E-state index in [0.29, 0.717) is 25.9 Å². The summed E-state index contributed by atoms with van der Waals surface area (Å²) in [5, 5.41) is 23.4. The van der Waals surface area contributed by atoms with E-state index in [1.165, 1.54) is 334 Å². The molecule has 0 aromatic carbocycles. The summed E-state index contributed by atoms with van der Waals surface area (Å²) in [6.45, 7) is 4.98. The molecule has 0 aromatic heterocycles. The van der Waals surface area contributed by atoms with Crippen molar-refractivity contribution in [2.45, 2.75) is 424 Å². The van der Waals surface area contributed by atoms with E-state index in [2.05, 4.69) is 31.3 Å². The minimum atomic E-state index is -0.662. The highest BCUT2D eigenvalue weighted by atomic mass is 16.5. The number of allylic oxidation sites excluding steroid dienone is 2. The SMILES string of the molecule is CCCCCC/C=C\CCCCCCCC(=O)OCCCCCCCCCCCCCCCCCCCCCCCCCCCCCCC(=O)NC(CO)C(O)CCCCCCCCCCCCCCCCCCCCCC. The number of aliphatic hydroxyl groups excluding tert-OH is 2. The van der Waals surface area contributed by atoms with Gasteiger partial charge in [0.05, 0.1) is 25.4 Å². The van der Waals surface area contributed by atoms with Gasteiger partial charge < -0.3 is 20.3 Å². The molecule has 2 unspecified atom stereocenters. The fraction of sp³-hybridized carbons (Fsp3) is 0.944. The molecule has 78 heavy (non-hydrogen) atoms. The number of carbonyl (C=O) groups is 2. The van der Waals surface area contributed by atoms with Crippen LogP contribution in [0, 0.1) is 0 Å². The van der Waals surface area contributed by atoms with Crippen molar-refractivity contribution in [1.82, 2.24) is 5.32 Å². The van der Waals surface area contributed by atoms with Gasteiger partial charge >= 0.3 is 5.97 Å². The second-order valence-electron chi connectivity index (χ2n) is 24.9. The van der Waals surface area contributed by atoms with E-state index in [1.54, 1.807) is 0 Å². The first-order valence-electron chi connectivity index (χ1n) is 35.9. The molecule has 6 heteroatoms. The molecule has 0 bridgehead atoms. The van der Waals surface area contributed by atoms with Gasteiger partial charge in [-0.3, -0.25) is 9.59 Å². The lowest BCUT2D eigenvalue weighted by Crippen LogP contribution is -2.45. The van der Waals surface area contributed by atoms with Crippen LogP contribution in [-0.4, -0.2) is 47.4 Å². The zero-order chi connectivity index (χ0) is 56.4. The molecule has 0 saturated carbocycles. The van der Waals surface area contributed by atoms with Crippen LogP contribution in [0.15, 0.2) is 12.2 Å². The van der Waals surface area contributed by atoms with Crippen LogP contribution in [0.25, 0.3) is 0 Å². The smallest absolute Gasteiger partial charge is 0.305 e. The molecule has 0 aliphatic heterocycles. The standard InChI is InChI=1S/C72H141NO5/c1-3-5-7-9-11-13-15-17-18-19-20-31-34-37-41-44-48-52-56-60-64-70(75)69(68-74)73-71(76)65-61-57-53-49-45-42-38-35-32-29-27-25-23-21-22-24-26-28-30-33-36-39-43-47-51-55-59-63-67-78-72(77)66-62-58-54-50-46-40-16-14-12-10-8-6-4-2/h14,16,69-70,74-75H,3-13,15,17-68H2,1-2H3,(H,73,76)/b16-14-. The van der Waals surface area contributed by atoms with Crippen molar-refractivity contribution >= 4 is 11.9 Å². The first-order valence-corrected chi connectivity index (χ1v) is 35.9. The summed E-state index contributed by atoms with van der Waals surface area (Å²) in [7, 11) is 0. The number of unbranched alkanes of at least 4 members (excludes halogenated alkanes) is 55. The van der Waals surface area contributed by atoms with Crippen LogP contribution in [0.4, 0.5) is 0 Å². The normalized spacial score (nSPS) is 12.5. The van der Waals surface area contributed by atoms with Crippen LogP contribution >= 0.6 is 0 Å². The molecule has 0 radical (unpaired) electrons. The van der Waals surface area contributed by atoms with E-state index in [9.17, 15) is 19.8 Å². The van der Waals surface area contributed by atoms with E-state index < -0.39 is 12.1 Å². The third-order valence-electron chi connectivity index (χ3n) is 17.1. The molecular weight excluding hydrogens is 959 g/mol. The Kier molecular flexibility index (Phi) is 66.9. The van der Waals surface area contributed by atoms with Crippen molar-refractivity contribution in [3.63, 3.8) is 0 Å². The van der Waals surface area contributed by atoms with Gasteiger partial charge in [0.2, 0.25) is 5.91 Å². The molecule has 0 aliphatic carbocycles. The molecule has 0 aliphatic rings. The molecular formula is C72H141NO5. The van der Waals surface area contributed by atoms with Crippen LogP contribution in [0.3, 0.4) is 0 Å². The highest BCUT2D eigenvalue weighted by molar-refractivity contribution is 5.76. The van der Waals surface area contributed by atoms with Crippen LogP contribution < -0.4 is 5.32 Å². The van der Waals surface area contributed by atoms with E-state index in [4.69, 9.17) is 4.74 Å². The number of aliphatic hydroxyl groups is 2. The zero-order valence-electron chi connectivity index (χ0n) is 53.2. The van der Waals surface area contributed by atoms with Crippen molar-refractivity contribution in [1.29, 1.82) is 0 Å². The van der Waals surface area contributed by atoms with E-state index in [0.717, 1.165) is 44.9 Å². The third-order valence-corrected chi connectivity index (χ3v) is 17.1. The Labute approximate surface area is 489 Å². The highest BCUT2D eigenvalue weighted by Crippen LogP contribution is 2.19. The first kappa shape index (κ1) is 76.6. The van der Waals surface area contributed by atoms with Gasteiger partial charge in [0.25, 0.3) is 0 Å². The minimum Gasteiger partial charge on any atom is -0.466 e. The van der Waals surface area contributed by atoms with Gasteiger partial charge in [0, 0.05) is 12.8 Å². The van der Waals surface area contributed by atoms with Crippen LogP contribution in [-0.2, 0) is 14.3 Å². The fourth-order valence-corrected chi connectivity index (χ4v) is 11.6. The lowest BCUT2D eigenvalue weighted by molar-refractivity contribution is -0.143. The molecule has 464 valence electrons. The van der Waals surface area contributed by atoms with Crippen molar-refractivity contribution in [2.24, 2.45) is 0 Å². The average molecular weight is 1100 g/mol. The third kappa shape index (κ3) is 63.8. The van der Waals surface area contributed by atoms with Crippen LogP contribution in [0.5, 0.6) is 0 Å². The molecule has 2 atom stereocenters. The number of hydrogen-bond acceptors (Lipinski definition) is 5. The van der Waals surface area contributed by atoms with Crippen molar-refractivity contribution < 1.29 is 24.5 Å². The number of esters is 1. The number of nitrogens with one attached hydrogen (secondary N) is 1. The van der Waals surface area contributed by atoms with Gasteiger partial charge in [0.1, 0.15) is 0 Å². The van der Waals surface area contributed by atoms with Gasteiger partial charge in [-0.05, 0) is 51.4 Å². The second-order valence-corrected chi connectivity index (χ2v) is 24.9. The van der Waals surface area contributed by atoms with E-state index in [-0.39, 0.29) is 18.5 Å². The largest absolute Gasteiger partial charge is 0.466 e. The highest BCUT2D eigenvalue weighted by Gasteiger charge is 2.20. The summed E-state index contributed by atoms with van der Waals surface area (Å²) in [5.74, 6) is -0.0165. The summed E-state index contributed by atoms with van der Waals surface area (Å²) in [6, 6.07) is -0.539. The summed E-state index contributed by atoms with van der Waals surface area (Å²) < 4.78 is 5.48. The number of hydrogen-bond donors (Lipinski definition) is 3. The lowest BCUT2D eigenvalue weighted by atomic mass is 10.0. The molecule has 0 heterocycles. The monoisotopic (exact) mass is 1100 g/mol. The minimum absolute atomic E-state index is 0.0105. The maximum Gasteiger partial charge on any atom is 0.305 e. The molecule has 0 aromatic rings. The molecule has 0 saturated heterocycles. The number of carbonyl (C=O) groups excluding carboxylic acids is 2. The lowest BCUT2D eigenvalue weighted by Gasteiger charge is -2.22. The van der Waals surface area contributed by atoms with Gasteiger partial charge in [-0.1, -0.05) is 360 Å². The Morgan fingerprint density at radius 3 is 0.923 bits per heavy atom. The van der Waals surface area contributed by atoms with Crippen LogP contribution in [0.1, 0.15) is 412 Å². The summed E-state index contributed by atoms with van der Waals surface area (Å²) >= 11 is 0. The van der Waals surface area contributed by atoms with Crippen LogP contribution in [0.2, 0.25) is 0 Å². The number of rotatable bonds is 68. The summed E-state index contributed by atoms with van der Waals surface area (Å²) in [6.07, 6.45) is 84.1. The Hall–Kier alpha value is -1.40. The summed E-state index contributed by atoms with van der Waals surface area (Å²) in [5.41, 5.74) is 0. The second kappa shape index (κ2) is 68.1. The fourth-order valence-electron chi connectivity index (χ4n) is 11.6. The van der Waals surface area contributed by atoms with Crippen molar-refractivity contribution in [2.75, 3.05) is 13.2 Å². The molecule has 3 N–H and O–H groups in total. The van der Waals surface area contributed by atoms with Gasteiger partial charge in [0.15, 0.2) is 0 Å². The average Bonchev–Trinajstić information content (AvgIpc) is 3.44. The maximum absolute atomic E-state index is 12.5. The number of ether oxygens (including phenoxy) is 1. The Bertz CT molecular complexity index is 1180. The molecule has 0 rings (SSSR count). The Balaban J connectivity index is 3.34. The van der Waals surface area contributed by atoms with Gasteiger partial charge in [-0.25, -0.2) is 0 Å². The topological polar surface area (TPSA) is 95.9 Å². The van der Waals surface area contributed by atoms with Gasteiger partial charge in [-0.2, -0.15) is 0 Å². The van der Waals surface area contributed by atoms with E-state index in [1.807, 2.05) is 0 Å². The van der Waals surface area contributed by atoms with Crippen molar-refractivity contribution in [3.05, 3.63) is 12.2 Å². The maximum atomic E-state index is 12.5. The Morgan fingerprint density at radius 1 is 0.346 bits per heavy atom. The first-order chi connectivity index (χ1) is 38.5. The predicted molar refractivity (Wildman–Crippen MR) is 343 cm³/mol. The molecule has 0 spiro atoms. The number of amides is 1. The van der Waals surface area contributed by atoms with Gasteiger partial charge in [-0.15, -0.1) is 0 Å². The van der Waals surface area contributed by atoms with Crippen molar-refractivity contribution in [3.8, 4) is 0 Å². The quantitative estimate of drug-likeness (QED) is 0.0320. The molecule has 0 fully saturated rings. The molecule has 1 amide bonds. The summed E-state index contributed by atoms with van der Waals surface area (Å²) in [4.78, 5) is 24.6. The van der Waals surface area contributed by atoms with E-state index >= 15 is 0 Å². The predicted octanol–water partition coefficient (Wildman–Crippen LogP) is 23.1. The molecule has 6 nitrogen and oxygen atoms in total. The Morgan fingerprint density at radius 2 is 0.603 bits per heavy atom.